The van der Waals surface area contributed by atoms with Crippen LogP contribution in [-0.4, -0.2) is 59.9 Å². The Morgan fingerprint density at radius 2 is 2.00 bits per heavy atom. The van der Waals surface area contributed by atoms with E-state index in [-0.39, 0.29) is 18.2 Å². The second-order valence-corrected chi connectivity index (χ2v) is 8.16. The lowest BCUT2D eigenvalue weighted by atomic mass is 10.1. The van der Waals surface area contributed by atoms with E-state index in [2.05, 4.69) is 25.7 Å². The van der Waals surface area contributed by atoms with Crippen LogP contribution in [0.25, 0.3) is 10.2 Å². The maximum Gasteiger partial charge on any atom is 0.262 e. The number of fused-ring (bicyclic) bond motifs is 1. The van der Waals surface area contributed by atoms with Crippen molar-refractivity contribution in [3.63, 3.8) is 0 Å². The summed E-state index contributed by atoms with van der Waals surface area (Å²) in [7, 11) is 0. The summed E-state index contributed by atoms with van der Waals surface area (Å²) in [6, 6.07) is 8.86. The first-order valence-corrected chi connectivity index (χ1v) is 10.4. The van der Waals surface area contributed by atoms with Crippen LogP contribution in [0.3, 0.4) is 0 Å². The van der Waals surface area contributed by atoms with Crippen molar-refractivity contribution in [2.45, 2.75) is 6.42 Å². The highest BCUT2D eigenvalue weighted by Gasteiger charge is 2.18. The van der Waals surface area contributed by atoms with E-state index in [1.54, 1.807) is 18.2 Å². The molecule has 0 bridgehead atoms. The van der Waals surface area contributed by atoms with Crippen LogP contribution in [0.4, 0.5) is 5.82 Å². The van der Waals surface area contributed by atoms with E-state index in [1.165, 1.54) is 11.3 Å². The van der Waals surface area contributed by atoms with Crippen molar-refractivity contribution in [3.8, 4) is 0 Å². The first-order chi connectivity index (χ1) is 14.1. The highest BCUT2D eigenvalue weighted by Crippen LogP contribution is 2.29. The number of thiophene rings is 1. The van der Waals surface area contributed by atoms with Crippen LogP contribution in [-0.2, 0) is 16.0 Å². The predicted octanol–water partition coefficient (Wildman–Crippen LogP) is 2.48. The molecular weight excluding hydrogens is 414 g/mol. The summed E-state index contributed by atoms with van der Waals surface area (Å²) >= 11 is 7.17. The van der Waals surface area contributed by atoms with Crippen LogP contribution in [0.15, 0.2) is 30.3 Å². The fourth-order valence-corrected chi connectivity index (χ4v) is 4.06. The van der Waals surface area contributed by atoms with Gasteiger partial charge in [0.25, 0.3) is 5.91 Å². The van der Waals surface area contributed by atoms with E-state index in [9.17, 15) is 9.59 Å². The number of carbonyl (C=O) groups is 2. The first-order valence-electron chi connectivity index (χ1n) is 9.19. The molecule has 3 aromatic rings. The molecule has 10 heteroatoms. The molecule has 1 fully saturated rings. The van der Waals surface area contributed by atoms with Crippen LogP contribution in [0.1, 0.15) is 15.2 Å². The van der Waals surface area contributed by atoms with Gasteiger partial charge < -0.3 is 15.4 Å². The molecule has 0 unspecified atom stereocenters. The van der Waals surface area contributed by atoms with Crippen molar-refractivity contribution in [2.75, 3.05) is 38.3 Å². The number of nitrogens with one attached hydrogen (secondary N) is 3. The molecule has 8 nitrogen and oxygen atoms in total. The number of rotatable bonds is 6. The van der Waals surface area contributed by atoms with Gasteiger partial charge in [-0.05, 0) is 23.8 Å². The average Bonchev–Trinajstić information content (AvgIpc) is 3.31. The maximum atomic E-state index is 12.5. The molecule has 0 saturated carbocycles. The van der Waals surface area contributed by atoms with Gasteiger partial charge in [-0.25, -0.2) is 0 Å². The Labute approximate surface area is 176 Å². The third-order valence-electron chi connectivity index (χ3n) is 4.58. The minimum atomic E-state index is -0.190. The number of carbonyl (C=O) groups excluding carboxylic acids is 2. The molecule has 1 aromatic carbocycles. The molecule has 3 N–H and O–H groups in total. The summed E-state index contributed by atoms with van der Waals surface area (Å²) < 4.78 is 5.30. The van der Waals surface area contributed by atoms with Crippen molar-refractivity contribution in [1.29, 1.82) is 0 Å². The first kappa shape index (κ1) is 19.8. The standard InChI is InChI=1S/C19H20ClN5O3S/c20-13-3-1-12(2-4-13)9-16(26)22-17-14-10-15(29-19(14)24-23-17)18(27)21-11-25-5-7-28-8-6-25/h1-4,10H,5-9,11H2,(H,21,27)(H2,22,23,24,26). The van der Waals surface area contributed by atoms with Gasteiger partial charge in [0.2, 0.25) is 5.91 Å². The van der Waals surface area contributed by atoms with Crippen LogP contribution >= 0.6 is 22.9 Å². The molecule has 4 rings (SSSR count). The summed E-state index contributed by atoms with van der Waals surface area (Å²) in [6.45, 7) is 3.46. The maximum absolute atomic E-state index is 12.5. The molecular formula is C19H20ClN5O3S. The number of ether oxygens (including phenoxy) is 1. The normalized spacial score (nSPS) is 14.8. The number of halogens is 1. The van der Waals surface area contributed by atoms with Gasteiger partial charge in [0, 0.05) is 18.1 Å². The number of amides is 2. The average molecular weight is 434 g/mol. The zero-order valence-electron chi connectivity index (χ0n) is 15.5. The van der Waals surface area contributed by atoms with Crippen molar-refractivity contribution < 1.29 is 14.3 Å². The third kappa shape index (κ3) is 4.94. The summed E-state index contributed by atoms with van der Waals surface area (Å²) in [5.41, 5.74) is 0.854. The molecule has 2 amide bonds. The van der Waals surface area contributed by atoms with Crippen molar-refractivity contribution in [1.82, 2.24) is 20.4 Å². The molecule has 29 heavy (non-hydrogen) atoms. The third-order valence-corrected chi connectivity index (χ3v) is 5.87. The van der Waals surface area contributed by atoms with Crippen LogP contribution < -0.4 is 10.6 Å². The summed E-state index contributed by atoms with van der Waals surface area (Å²) in [6.07, 6.45) is 0.211. The highest BCUT2D eigenvalue weighted by molar-refractivity contribution is 7.20. The molecule has 152 valence electrons. The zero-order valence-corrected chi connectivity index (χ0v) is 17.1. The van der Waals surface area contributed by atoms with E-state index in [0.717, 1.165) is 28.9 Å². The monoisotopic (exact) mass is 433 g/mol. The van der Waals surface area contributed by atoms with Crippen LogP contribution in [0, 0.1) is 0 Å². The quantitative estimate of drug-likeness (QED) is 0.554. The Balaban J connectivity index is 1.38. The summed E-state index contributed by atoms with van der Waals surface area (Å²) in [5.74, 6) is 0.0808. The second kappa shape index (κ2) is 8.91. The molecule has 1 saturated heterocycles. The fourth-order valence-electron chi connectivity index (χ4n) is 3.02. The number of benzene rings is 1. The van der Waals surface area contributed by atoms with Gasteiger partial charge in [-0.1, -0.05) is 23.7 Å². The van der Waals surface area contributed by atoms with Crippen molar-refractivity contribution in [2.24, 2.45) is 0 Å². The topological polar surface area (TPSA) is 99.3 Å². The molecule has 3 heterocycles. The lowest BCUT2D eigenvalue weighted by Gasteiger charge is -2.26. The van der Waals surface area contributed by atoms with E-state index >= 15 is 0 Å². The number of hydrogen-bond donors (Lipinski definition) is 3. The molecule has 2 aromatic heterocycles. The lowest BCUT2D eigenvalue weighted by Crippen LogP contribution is -2.43. The Morgan fingerprint density at radius 1 is 1.24 bits per heavy atom. The number of aromatic amines is 1. The Bertz CT molecular complexity index is 1010. The number of nitrogens with zero attached hydrogens (tertiary/aromatic N) is 2. The number of morpholine rings is 1. The van der Waals surface area contributed by atoms with E-state index in [1.807, 2.05) is 12.1 Å². The van der Waals surface area contributed by atoms with Gasteiger partial charge in [0.15, 0.2) is 5.82 Å². The highest BCUT2D eigenvalue weighted by atomic mass is 35.5. The van der Waals surface area contributed by atoms with E-state index in [0.29, 0.717) is 35.6 Å². The lowest BCUT2D eigenvalue weighted by molar-refractivity contribution is -0.115. The Hall–Kier alpha value is -2.46. The molecule has 0 radical (unpaired) electrons. The number of H-pyrrole nitrogens is 1. The van der Waals surface area contributed by atoms with Crippen molar-refractivity contribution in [3.05, 3.63) is 45.8 Å². The Kier molecular flexibility index (Phi) is 6.10. The van der Waals surface area contributed by atoms with Gasteiger partial charge in [0.1, 0.15) is 4.83 Å². The van der Waals surface area contributed by atoms with Crippen molar-refractivity contribution >= 4 is 50.8 Å². The van der Waals surface area contributed by atoms with Gasteiger partial charge in [0.05, 0.1) is 36.6 Å². The SMILES string of the molecule is O=C(Cc1ccc(Cl)cc1)Nc1n[nH]c2sc(C(=O)NCN3CCOCC3)cc12. The fraction of sp³-hybridized carbons (Fsp3) is 0.316. The minimum Gasteiger partial charge on any atom is -0.379 e. The minimum absolute atomic E-state index is 0.149. The largest absolute Gasteiger partial charge is 0.379 e. The summed E-state index contributed by atoms with van der Waals surface area (Å²) in [5, 5.41) is 14.1. The van der Waals surface area contributed by atoms with Gasteiger partial charge >= 0.3 is 0 Å². The van der Waals surface area contributed by atoms with Gasteiger partial charge in [-0.15, -0.1) is 11.3 Å². The molecule has 0 atom stereocenters. The predicted molar refractivity (Wildman–Crippen MR) is 112 cm³/mol. The second-order valence-electron chi connectivity index (χ2n) is 6.67. The summed E-state index contributed by atoms with van der Waals surface area (Å²) in [4.78, 5) is 28.2. The molecule has 1 aliphatic heterocycles. The molecule has 1 aliphatic rings. The molecule has 0 spiro atoms. The van der Waals surface area contributed by atoms with E-state index < -0.39 is 0 Å². The van der Waals surface area contributed by atoms with E-state index in [4.69, 9.17) is 16.3 Å². The van der Waals surface area contributed by atoms with Crippen LogP contribution in [0.2, 0.25) is 5.02 Å². The zero-order chi connectivity index (χ0) is 20.2. The smallest absolute Gasteiger partial charge is 0.262 e. The van der Waals surface area contributed by atoms with Crippen LogP contribution in [0.5, 0.6) is 0 Å². The number of aromatic nitrogens is 2. The number of hydrogen-bond acceptors (Lipinski definition) is 6. The number of anilines is 1. The Morgan fingerprint density at radius 3 is 2.76 bits per heavy atom. The molecule has 0 aliphatic carbocycles. The van der Waals surface area contributed by atoms with Gasteiger partial charge in [-0.3, -0.25) is 19.6 Å². The van der Waals surface area contributed by atoms with Gasteiger partial charge in [-0.2, -0.15) is 5.10 Å².